The minimum atomic E-state index is -0.378. The predicted octanol–water partition coefficient (Wildman–Crippen LogP) is 1.73. The van der Waals surface area contributed by atoms with Gasteiger partial charge in [-0.2, -0.15) is 0 Å². The summed E-state index contributed by atoms with van der Waals surface area (Å²) in [6.07, 6.45) is 3.28. The number of nitrogens with one attached hydrogen (secondary N) is 2. The largest absolute Gasteiger partial charge is 0.497 e. The number of carbonyl (C=O) groups is 2. The molecule has 0 aliphatic carbocycles. The third kappa shape index (κ3) is 4.20. The zero-order valence-electron chi connectivity index (χ0n) is 18.5. The van der Waals surface area contributed by atoms with Crippen LogP contribution in [0.15, 0.2) is 42.0 Å². The first-order valence-corrected chi connectivity index (χ1v) is 11.7. The third-order valence-corrected chi connectivity index (χ3v) is 6.80. The Kier molecular flexibility index (Phi) is 6.14. The van der Waals surface area contributed by atoms with Crippen molar-refractivity contribution in [2.75, 3.05) is 48.5 Å². The van der Waals surface area contributed by atoms with E-state index >= 15 is 0 Å². The molecule has 4 heterocycles. The number of fused-ring (bicyclic) bond motifs is 1. The van der Waals surface area contributed by atoms with Gasteiger partial charge in [0.05, 0.1) is 37.8 Å². The number of hydrogen-bond donors (Lipinski definition) is 3. The van der Waals surface area contributed by atoms with Crippen molar-refractivity contribution in [3.63, 3.8) is 0 Å². The highest BCUT2D eigenvalue weighted by atomic mass is 32.1. The van der Waals surface area contributed by atoms with Crippen LogP contribution in [0.2, 0.25) is 0 Å². The Morgan fingerprint density at radius 2 is 2.26 bits per heavy atom. The van der Waals surface area contributed by atoms with Gasteiger partial charge in [-0.25, -0.2) is 4.98 Å². The average Bonchev–Trinajstić information content (AvgIpc) is 3.49. The van der Waals surface area contributed by atoms with Crippen LogP contribution >= 0.6 is 11.3 Å². The number of piperazine rings is 1. The molecule has 5 rings (SSSR count). The second kappa shape index (κ2) is 9.37. The van der Waals surface area contributed by atoms with Crippen molar-refractivity contribution in [1.29, 1.82) is 0 Å². The first kappa shape index (κ1) is 22.3. The van der Waals surface area contributed by atoms with Crippen molar-refractivity contribution in [3.05, 3.63) is 58.9 Å². The van der Waals surface area contributed by atoms with Crippen LogP contribution in [0, 0.1) is 0 Å². The molecular formula is C23H24N6O4S. The van der Waals surface area contributed by atoms with E-state index in [1.165, 1.54) is 11.3 Å². The molecule has 34 heavy (non-hydrogen) atoms. The molecule has 2 amide bonds. The summed E-state index contributed by atoms with van der Waals surface area (Å²) in [4.78, 5) is 38.2. The van der Waals surface area contributed by atoms with Crippen molar-refractivity contribution >= 4 is 39.7 Å². The Morgan fingerprint density at radius 1 is 1.38 bits per heavy atom. The molecule has 0 bridgehead atoms. The van der Waals surface area contributed by atoms with Gasteiger partial charge >= 0.3 is 0 Å². The molecule has 1 saturated heterocycles. The SMILES string of the molecule is COc1ccc2c(c1)C(=O)N(c1nc(C(=O)Nc3cnccc3N3CCN[C@@H](CO)C3)cs1)C2. The molecule has 3 aromatic rings. The van der Waals surface area contributed by atoms with E-state index in [9.17, 15) is 14.7 Å². The van der Waals surface area contributed by atoms with E-state index in [0.717, 1.165) is 24.3 Å². The summed E-state index contributed by atoms with van der Waals surface area (Å²) in [5.41, 5.74) is 3.10. The Labute approximate surface area is 200 Å². The molecule has 0 radical (unpaired) electrons. The second-order valence-corrected chi connectivity index (χ2v) is 8.89. The van der Waals surface area contributed by atoms with E-state index < -0.39 is 0 Å². The fourth-order valence-corrected chi connectivity index (χ4v) is 4.97. The highest BCUT2D eigenvalue weighted by molar-refractivity contribution is 7.14. The summed E-state index contributed by atoms with van der Waals surface area (Å²) < 4.78 is 5.23. The molecule has 0 spiro atoms. The van der Waals surface area contributed by atoms with Crippen molar-refractivity contribution in [2.24, 2.45) is 0 Å². The highest BCUT2D eigenvalue weighted by Crippen LogP contribution is 2.33. The Hall–Kier alpha value is -3.54. The minimum Gasteiger partial charge on any atom is -0.497 e. The molecular weight excluding hydrogens is 456 g/mol. The number of carbonyl (C=O) groups excluding carboxylic acids is 2. The molecule has 2 aromatic heterocycles. The number of amides is 2. The van der Waals surface area contributed by atoms with Gasteiger partial charge in [0.15, 0.2) is 5.13 Å². The lowest BCUT2D eigenvalue weighted by molar-refractivity contribution is 0.0991. The van der Waals surface area contributed by atoms with Gasteiger partial charge in [0.2, 0.25) is 0 Å². The lowest BCUT2D eigenvalue weighted by Crippen LogP contribution is -2.52. The molecule has 11 heteroatoms. The number of thiazole rings is 1. The lowest BCUT2D eigenvalue weighted by Gasteiger charge is -2.35. The fourth-order valence-electron chi connectivity index (χ4n) is 4.17. The standard InChI is InChI=1S/C23H24N6O4S/c1-33-16-3-2-14-10-29(22(32)17(14)8-16)23-27-19(13-34-23)21(31)26-18-9-24-5-4-20(18)28-7-6-25-15(11-28)12-30/h2-5,8-9,13,15,25,30H,6-7,10-12H2,1H3,(H,26,31)/t15-/m1/s1. The van der Waals surface area contributed by atoms with Gasteiger partial charge in [0.25, 0.3) is 11.8 Å². The van der Waals surface area contributed by atoms with Crippen molar-refractivity contribution in [2.45, 2.75) is 12.6 Å². The number of pyridine rings is 1. The van der Waals surface area contributed by atoms with E-state index in [-0.39, 0.29) is 30.2 Å². The van der Waals surface area contributed by atoms with Crippen LogP contribution in [0.25, 0.3) is 0 Å². The van der Waals surface area contributed by atoms with E-state index in [1.54, 1.807) is 35.8 Å². The summed E-state index contributed by atoms with van der Waals surface area (Å²) in [6, 6.07) is 7.22. The molecule has 176 valence electrons. The smallest absolute Gasteiger partial charge is 0.275 e. The topological polar surface area (TPSA) is 120 Å². The zero-order valence-corrected chi connectivity index (χ0v) is 19.3. The number of rotatable bonds is 6. The zero-order chi connectivity index (χ0) is 23.7. The molecule has 3 N–H and O–H groups in total. The Balaban J connectivity index is 1.32. The van der Waals surface area contributed by atoms with Crippen LogP contribution in [0.1, 0.15) is 26.4 Å². The van der Waals surface area contributed by atoms with Crippen LogP contribution in [-0.2, 0) is 6.54 Å². The van der Waals surface area contributed by atoms with Crippen LogP contribution in [0.3, 0.4) is 0 Å². The van der Waals surface area contributed by atoms with Crippen molar-refractivity contribution in [3.8, 4) is 5.75 Å². The summed E-state index contributed by atoms with van der Waals surface area (Å²) in [5, 5.41) is 17.8. The second-order valence-electron chi connectivity index (χ2n) is 8.06. The lowest BCUT2D eigenvalue weighted by atomic mass is 10.1. The van der Waals surface area contributed by atoms with Crippen LogP contribution in [0.5, 0.6) is 5.75 Å². The van der Waals surface area contributed by atoms with E-state index in [2.05, 4.69) is 25.5 Å². The number of aliphatic hydroxyl groups excluding tert-OH is 1. The van der Waals surface area contributed by atoms with Gasteiger partial charge in [0.1, 0.15) is 11.4 Å². The first-order valence-electron chi connectivity index (χ1n) is 10.9. The molecule has 10 nitrogen and oxygen atoms in total. The number of ether oxygens (including phenoxy) is 1. The number of benzene rings is 1. The fraction of sp³-hybridized carbons (Fsp3) is 0.304. The number of aliphatic hydroxyl groups is 1. The van der Waals surface area contributed by atoms with Gasteiger partial charge in [0, 0.05) is 42.8 Å². The molecule has 1 atom stereocenters. The summed E-state index contributed by atoms with van der Waals surface area (Å²) >= 11 is 1.25. The van der Waals surface area contributed by atoms with Crippen molar-refractivity contribution < 1.29 is 19.4 Å². The van der Waals surface area contributed by atoms with Gasteiger partial charge in [-0.15, -0.1) is 11.3 Å². The third-order valence-electron chi connectivity index (χ3n) is 5.94. The summed E-state index contributed by atoms with van der Waals surface area (Å²) in [5.74, 6) is 0.0774. The summed E-state index contributed by atoms with van der Waals surface area (Å²) in [6.45, 7) is 2.53. The molecule has 2 aliphatic rings. The highest BCUT2D eigenvalue weighted by Gasteiger charge is 2.31. The van der Waals surface area contributed by atoms with E-state index in [1.807, 2.05) is 18.2 Å². The van der Waals surface area contributed by atoms with Gasteiger partial charge < -0.3 is 25.4 Å². The molecule has 1 fully saturated rings. The maximum Gasteiger partial charge on any atom is 0.275 e. The van der Waals surface area contributed by atoms with Crippen LogP contribution in [0.4, 0.5) is 16.5 Å². The maximum absolute atomic E-state index is 13.0. The number of anilines is 3. The van der Waals surface area contributed by atoms with Crippen molar-refractivity contribution in [1.82, 2.24) is 15.3 Å². The maximum atomic E-state index is 13.0. The number of methoxy groups -OCH3 is 1. The summed E-state index contributed by atoms with van der Waals surface area (Å²) in [7, 11) is 1.56. The molecule has 0 unspecified atom stereocenters. The monoisotopic (exact) mass is 480 g/mol. The molecule has 1 aromatic carbocycles. The van der Waals surface area contributed by atoms with Gasteiger partial charge in [-0.05, 0) is 23.8 Å². The number of aromatic nitrogens is 2. The van der Waals surface area contributed by atoms with Gasteiger partial charge in [-0.1, -0.05) is 6.07 Å². The minimum absolute atomic E-state index is 0.0337. The van der Waals surface area contributed by atoms with Crippen LogP contribution in [-0.4, -0.2) is 66.3 Å². The predicted molar refractivity (Wildman–Crippen MR) is 129 cm³/mol. The van der Waals surface area contributed by atoms with E-state index in [4.69, 9.17) is 4.74 Å². The first-order chi connectivity index (χ1) is 16.6. The van der Waals surface area contributed by atoms with Crippen LogP contribution < -0.4 is 25.2 Å². The number of hydrogen-bond acceptors (Lipinski definition) is 9. The molecule has 2 aliphatic heterocycles. The van der Waals surface area contributed by atoms with Gasteiger partial charge in [-0.3, -0.25) is 19.5 Å². The quantitative estimate of drug-likeness (QED) is 0.488. The Bertz CT molecular complexity index is 1230. The average molecular weight is 481 g/mol. The normalized spacial score (nSPS) is 17.6. The molecule has 0 saturated carbocycles. The number of nitrogens with zero attached hydrogens (tertiary/aromatic N) is 4. The van der Waals surface area contributed by atoms with E-state index in [0.29, 0.717) is 35.2 Å². The Morgan fingerprint density at radius 3 is 3.09 bits per heavy atom.